The van der Waals surface area contributed by atoms with Gasteiger partial charge in [0.1, 0.15) is 0 Å². The molecule has 1 aromatic carbocycles. The summed E-state index contributed by atoms with van der Waals surface area (Å²) in [6.07, 6.45) is 5.14. The van der Waals surface area contributed by atoms with Crippen molar-refractivity contribution >= 4 is 39.1 Å². The Hall–Kier alpha value is -1.72. The number of imide groups is 1. The van der Waals surface area contributed by atoms with Gasteiger partial charge in [0.25, 0.3) is 11.8 Å². The van der Waals surface area contributed by atoms with Crippen LogP contribution in [0.3, 0.4) is 0 Å². The van der Waals surface area contributed by atoms with Crippen molar-refractivity contribution in [3.8, 4) is 0 Å². The van der Waals surface area contributed by atoms with Gasteiger partial charge in [0.15, 0.2) is 0 Å². The number of rotatable bonds is 2. The smallest absolute Gasteiger partial charge is 0.266 e. The molecular weight excluding hydrogens is 278 g/mol. The van der Waals surface area contributed by atoms with Gasteiger partial charge in [0.05, 0.1) is 11.3 Å². The first-order chi connectivity index (χ1) is 9.27. The first-order valence-corrected chi connectivity index (χ1v) is 7.84. The summed E-state index contributed by atoms with van der Waals surface area (Å²) >= 11 is 0. The van der Waals surface area contributed by atoms with Gasteiger partial charge in [0, 0.05) is 11.0 Å². The van der Waals surface area contributed by atoms with E-state index in [9.17, 15) is 9.59 Å². The van der Waals surface area contributed by atoms with Crippen LogP contribution in [0.1, 0.15) is 0 Å². The Kier molecular flexibility index (Phi) is 3.31. The fourth-order valence-electron chi connectivity index (χ4n) is 1.87. The molecule has 0 aliphatic carbocycles. The fraction of sp³-hybridized carbons (Fsp3) is 0. The summed E-state index contributed by atoms with van der Waals surface area (Å²) in [5.41, 5.74) is 1.07. The normalized spacial score (nSPS) is 18.6. The van der Waals surface area contributed by atoms with Gasteiger partial charge < -0.3 is 0 Å². The Balaban J connectivity index is 1.94. The second-order valence-corrected chi connectivity index (χ2v) is 6.06. The molecule has 0 aromatic heterocycles. The number of benzene rings is 1. The largest absolute Gasteiger partial charge is 0.269 e. The molecule has 0 unspecified atom stereocenters. The van der Waals surface area contributed by atoms with Gasteiger partial charge in [-0.25, -0.2) is 4.90 Å². The van der Waals surface area contributed by atoms with E-state index in [0.717, 1.165) is 4.91 Å². The molecule has 0 atom stereocenters. The average Bonchev–Trinajstić information content (AvgIpc) is 2.76. The van der Waals surface area contributed by atoms with Crippen molar-refractivity contribution in [3.05, 3.63) is 64.4 Å². The zero-order chi connectivity index (χ0) is 13.2. The second kappa shape index (κ2) is 5.11. The molecule has 0 fully saturated rings. The fourth-order valence-corrected chi connectivity index (χ4v) is 3.65. The first kappa shape index (κ1) is 12.3. The quantitative estimate of drug-likeness (QED) is 0.618. The molecule has 2 heterocycles. The predicted molar refractivity (Wildman–Crippen MR) is 79.4 cm³/mol. The highest BCUT2D eigenvalue weighted by Gasteiger charge is 2.34. The number of para-hydroxylation sites is 1. The summed E-state index contributed by atoms with van der Waals surface area (Å²) in [4.78, 5) is 26.4. The van der Waals surface area contributed by atoms with Gasteiger partial charge in [-0.05, 0) is 23.6 Å². The highest BCUT2D eigenvalue weighted by molar-refractivity contribution is 8.79. The molecule has 0 radical (unpaired) electrons. The van der Waals surface area contributed by atoms with Crippen molar-refractivity contribution in [2.24, 2.45) is 0 Å². The third-order valence-electron chi connectivity index (χ3n) is 2.72. The zero-order valence-electron chi connectivity index (χ0n) is 9.78. The van der Waals surface area contributed by atoms with Crippen molar-refractivity contribution < 1.29 is 9.59 Å². The molecule has 0 bridgehead atoms. The van der Waals surface area contributed by atoms with Crippen molar-refractivity contribution in [3.63, 3.8) is 0 Å². The molecule has 94 valence electrons. The first-order valence-electron chi connectivity index (χ1n) is 5.63. The van der Waals surface area contributed by atoms with Gasteiger partial charge in [-0.1, -0.05) is 45.9 Å². The molecule has 0 saturated heterocycles. The number of hydrogen-bond donors (Lipinski definition) is 0. The van der Waals surface area contributed by atoms with Gasteiger partial charge in [-0.15, -0.1) is 0 Å². The second-order valence-electron chi connectivity index (χ2n) is 3.91. The molecule has 0 saturated carbocycles. The van der Waals surface area contributed by atoms with Crippen molar-refractivity contribution in [1.82, 2.24) is 0 Å². The monoisotopic (exact) mass is 287 g/mol. The van der Waals surface area contributed by atoms with E-state index < -0.39 is 0 Å². The summed E-state index contributed by atoms with van der Waals surface area (Å²) in [7, 11) is 3.02. The predicted octanol–water partition coefficient (Wildman–Crippen LogP) is 3.28. The van der Waals surface area contributed by atoms with E-state index in [4.69, 9.17) is 0 Å². The number of allylic oxidation sites excluding steroid dienone is 2. The minimum Gasteiger partial charge on any atom is -0.269 e. The molecular formula is C14H9NO2S2. The van der Waals surface area contributed by atoms with Crippen molar-refractivity contribution in [2.75, 3.05) is 4.90 Å². The summed E-state index contributed by atoms with van der Waals surface area (Å²) in [6, 6.07) is 8.97. The lowest BCUT2D eigenvalue weighted by atomic mass is 10.2. The van der Waals surface area contributed by atoms with E-state index in [1.807, 2.05) is 23.6 Å². The van der Waals surface area contributed by atoms with Gasteiger partial charge in [-0.3, -0.25) is 9.59 Å². The van der Waals surface area contributed by atoms with E-state index >= 15 is 0 Å². The molecule has 1 aromatic rings. The Bertz CT molecular complexity index is 632. The lowest BCUT2D eigenvalue weighted by Crippen LogP contribution is -2.30. The lowest BCUT2D eigenvalue weighted by Gasteiger charge is -2.15. The summed E-state index contributed by atoms with van der Waals surface area (Å²) in [5.74, 6) is -0.543. The number of amides is 2. The van der Waals surface area contributed by atoms with Crippen LogP contribution in [0.2, 0.25) is 0 Å². The molecule has 2 aliphatic rings. The number of carbonyl (C=O) groups is 2. The van der Waals surface area contributed by atoms with E-state index in [-0.39, 0.29) is 11.8 Å². The van der Waals surface area contributed by atoms with E-state index in [0.29, 0.717) is 11.3 Å². The van der Waals surface area contributed by atoms with Crippen molar-refractivity contribution in [1.29, 1.82) is 0 Å². The summed E-state index contributed by atoms with van der Waals surface area (Å²) in [5, 5.41) is 1.94. The lowest BCUT2D eigenvalue weighted by molar-refractivity contribution is -0.120. The minimum absolute atomic E-state index is 0.258. The standard InChI is InChI=1S/C14H9NO2S2/c16-13-9-11(12-7-4-8-18-19-12)14(17)15(13)10-5-2-1-3-6-10/h1-9H. The number of hydrogen-bond acceptors (Lipinski definition) is 4. The number of anilines is 1. The van der Waals surface area contributed by atoms with Gasteiger partial charge >= 0.3 is 0 Å². The van der Waals surface area contributed by atoms with Crippen LogP contribution in [0.25, 0.3) is 0 Å². The zero-order valence-corrected chi connectivity index (χ0v) is 11.4. The van der Waals surface area contributed by atoms with Crippen LogP contribution < -0.4 is 4.90 Å². The Labute approximate surface area is 118 Å². The molecule has 3 rings (SSSR count). The van der Waals surface area contributed by atoms with Crippen LogP contribution in [0, 0.1) is 0 Å². The molecule has 2 aliphatic heterocycles. The Morgan fingerprint density at radius 1 is 1.05 bits per heavy atom. The maximum absolute atomic E-state index is 12.4. The molecule has 0 spiro atoms. The van der Waals surface area contributed by atoms with Crippen LogP contribution in [0.5, 0.6) is 0 Å². The number of carbonyl (C=O) groups excluding carboxylic acids is 2. The topological polar surface area (TPSA) is 37.4 Å². The number of nitrogens with zero attached hydrogens (tertiary/aromatic N) is 1. The maximum atomic E-state index is 12.4. The minimum atomic E-state index is -0.285. The van der Waals surface area contributed by atoms with Gasteiger partial charge in [0.2, 0.25) is 0 Å². The van der Waals surface area contributed by atoms with Crippen LogP contribution in [-0.4, -0.2) is 11.8 Å². The van der Waals surface area contributed by atoms with Crippen molar-refractivity contribution in [2.45, 2.75) is 0 Å². The highest BCUT2D eigenvalue weighted by Crippen LogP contribution is 2.41. The third kappa shape index (κ3) is 2.27. The van der Waals surface area contributed by atoms with E-state index in [2.05, 4.69) is 0 Å². The van der Waals surface area contributed by atoms with Crippen LogP contribution in [0.15, 0.2) is 64.4 Å². The molecule has 2 amide bonds. The molecule has 3 nitrogen and oxygen atoms in total. The highest BCUT2D eigenvalue weighted by atomic mass is 33.1. The van der Waals surface area contributed by atoms with Crippen LogP contribution in [0.4, 0.5) is 5.69 Å². The van der Waals surface area contributed by atoms with Gasteiger partial charge in [-0.2, -0.15) is 0 Å². The summed E-state index contributed by atoms with van der Waals surface area (Å²) in [6.45, 7) is 0. The third-order valence-corrected chi connectivity index (χ3v) is 4.78. The van der Waals surface area contributed by atoms with Crippen LogP contribution >= 0.6 is 21.6 Å². The summed E-state index contributed by atoms with van der Waals surface area (Å²) < 4.78 is 0. The van der Waals surface area contributed by atoms with E-state index in [1.165, 1.54) is 32.6 Å². The molecule has 0 N–H and O–H groups in total. The van der Waals surface area contributed by atoms with E-state index in [1.54, 1.807) is 24.3 Å². The Morgan fingerprint density at radius 3 is 2.53 bits per heavy atom. The SMILES string of the molecule is O=C1C=C(C2=CC=CSS2)C(=O)N1c1ccccc1. The Morgan fingerprint density at radius 2 is 1.84 bits per heavy atom. The molecule has 19 heavy (non-hydrogen) atoms. The average molecular weight is 287 g/mol. The molecule has 5 heteroatoms. The maximum Gasteiger partial charge on any atom is 0.266 e. The van der Waals surface area contributed by atoms with Crippen LogP contribution in [-0.2, 0) is 9.59 Å².